The van der Waals surface area contributed by atoms with Crippen LogP contribution < -0.4 is 14.2 Å². The molecule has 1 aromatic heterocycles. The van der Waals surface area contributed by atoms with Crippen molar-refractivity contribution < 1.29 is 14.2 Å². The molecule has 0 bridgehead atoms. The summed E-state index contributed by atoms with van der Waals surface area (Å²) in [6, 6.07) is 16.6. The van der Waals surface area contributed by atoms with Crippen molar-refractivity contribution >= 4 is 95.6 Å². The Morgan fingerprint density at radius 3 is 0.818 bits per heavy atom. The molecular weight excluding hydrogens is 822 g/mol. The minimum atomic E-state index is -0.0195. The monoisotopic (exact) mass is 825 g/mol. The first kappa shape index (κ1) is 25.1. The number of hydrogen-bond acceptors (Lipinski definition) is 6. The number of rotatable bonds is 6. The first-order chi connectivity index (χ1) is 15.8. The minimum absolute atomic E-state index is 0.0195. The van der Waals surface area contributed by atoms with Crippen molar-refractivity contribution in [2.24, 2.45) is 0 Å². The standard InChI is InChI=1S/C21H9Br6N3O3/c22-10-4-1-5-11(23)16(10)31-19-28-20(32-17-12(24)6-2-7-13(17)25)30-21(29-19)33-18-14(26)8-3-9-15(18)27/h1-9H. The van der Waals surface area contributed by atoms with Gasteiger partial charge < -0.3 is 14.2 Å². The maximum atomic E-state index is 5.95. The summed E-state index contributed by atoms with van der Waals surface area (Å²) < 4.78 is 22.1. The third-order valence-electron chi connectivity index (χ3n) is 3.91. The second-order valence-corrected chi connectivity index (χ2v) is 11.3. The highest BCUT2D eigenvalue weighted by molar-refractivity contribution is 9.11. The number of aromatic nitrogens is 3. The van der Waals surface area contributed by atoms with Crippen LogP contribution in [0.25, 0.3) is 0 Å². The third-order valence-corrected chi connectivity index (χ3v) is 7.66. The average Bonchev–Trinajstić information content (AvgIpc) is 2.76. The topological polar surface area (TPSA) is 66.4 Å². The molecule has 12 heteroatoms. The van der Waals surface area contributed by atoms with Crippen molar-refractivity contribution in [1.29, 1.82) is 0 Å². The largest absolute Gasteiger partial charge is 0.422 e. The van der Waals surface area contributed by atoms with Gasteiger partial charge in [-0.3, -0.25) is 0 Å². The number of nitrogens with zero attached hydrogens (tertiary/aromatic N) is 3. The molecule has 0 aliphatic carbocycles. The van der Waals surface area contributed by atoms with Gasteiger partial charge in [0.05, 0.1) is 26.8 Å². The van der Waals surface area contributed by atoms with Gasteiger partial charge in [0.2, 0.25) is 0 Å². The molecule has 3 aromatic carbocycles. The molecule has 168 valence electrons. The van der Waals surface area contributed by atoms with Gasteiger partial charge in [0.1, 0.15) is 0 Å². The van der Waals surface area contributed by atoms with Crippen LogP contribution in [0.1, 0.15) is 0 Å². The van der Waals surface area contributed by atoms with Gasteiger partial charge in [-0.1, -0.05) is 18.2 Å². The van der Waals surface area contributed by atoms with Crippen molar-refractivity contribution in [1.82, 2.24) is 15.0 Å². The second kappa shape index (κ2) is 11.1. The summed E-state index contributed by atoms with van der Waals surface area (Å²) in [5.74, 6) is 1.47. The lowest BCUT2D eigenvalue weighted by Gasteiger charge is -2.13. The Balaban J connectivity index is 1.77. The summed E-state index contributed by atoms with van der Waals surface area (Å²) in [7, 11) is 0. The average molecular weight is 831 g/mol. The zero-order chi connectivity index (χ0) is 23.5. The number of halogens is 6. The smallest absolute Gasteiger partial charge is 0.331 e. The van der Waals surface area contributed by atoms with Crippen molar-refractivity contribution in [3.05, 3.63) is 81.4 Å². The molecule has 0 spiro atoms. The molecule has 0 saturated heterocycles. The van der Waals surface area contributed by atoms with Gasteiger partial charge in [-0.2, -0.15) is 0 Å². The quantitative estimate of drug-likeness (QED) is 0.193. The van der Waals surface area contributed by atoms with Crippen molar-refractivity contribution in [3.63, 3.8) is 0 Å². The molecule has 0 aliphatic rings. The van der Waals surface area contributed by atoms with Crippen LogP contribution in [0.2, 0.25) is 0 Å². The molecular formula is C21H9Br6N3O3. The van der Waals surface area contributed by atoms with E-state index >= 15 is 0 Å². The van der Waals surface area contributed by atoms with E-state index in [0.29, 0.717) is 44.1 Å². The minimum Gasteiger partial charge on any atom is -0.422 e. The molecule has 1 heterocycles. The SMILES string of the molecule is Brc1cccc(Br)c1Oc1nc(Oc2c(Br)cccc2Br)nc(Oc2c(Br)cccc2Br)n1. The Labute approximate surface area is 239 Å². The van der Waals surface area contributed by atoms with Crippen molar-refractivity contribution in [2.45, 2.75) is 0 Å². The maximum absolute atomic E-state index is 5.95. The van der Waals surface area contributed by atoms with Gasteiger partial charge in [-0.05, 0) is 132 Å². The first-order valence-electron chi connectivity index (χ1n) is 8.93. The predicted octanol–water partition coefficient (Wildman–Crippen LogP) is 9.82. The lowest BCUT2D eigenvalue weighted by atomic mass is 10.3. The fourth-order valence-corrected chi connectivity index (χ4v) is 5.95. The lowest BCUT2D eigenvalue weighted by Crippen LogP contribution is -2.02. The molecule has 0 unspecified atom stereocenters. The van der Waals surface area contributed by atoms with E-state index in [2.05, 4.69) is 111 Å². The van der Waals surface area contributed by atoms with E-state index in [9.17, 15) is 0 Å². The summed E-state index contributed by atoms with van der Waals surface area (Å²) in [5.41, 5.74) is 0. The summed E-state index contributed by atoms with van der Waals surface area (Å²) in [6.45, 7) is 0. The highest BCUT2D eigenvalue weighted by Gasteiger charge is 2.18. The van der Waals surface area contributed by atoms with Crippen LogP contribution >= 0.6 is 95.6 Å². The third kappa shape index (κ3) is 6.15. The first-order valence-corrected chi connectivity index (χ1v) is 13.7. The number of para-hydroxylation sites is 3. The molecule has 0 N–H and O–H groups in total. The van der Waals surface area contributed by atoms with Crippen LogP contribution in [-0.2, 0) is 0 Å². The van der Waals surface area contributed by atoms with E-state index in [4.69, 9.17) is 14.2 Å². The summed E-state index contributed by atoms with van der Waals surface area (Å²) in [5, 5.41) is 0. The van der Waals surface area contributed by atoms with E-state index in [1.165, 1.54) is 0 Å². The zero-order valence-electron chi connectivity index (χ0n) is 16.0. The predicted molar refractivity (Wildman–Crippen MR) is 146 cm³/mol. The summed E-state index contributed by atoms with van der Waals surface area (Å²) in [6.07, 6.45) is 0. The Kier molecular flexibility index (Phi) is 8.45. The second-order valence-electron chi connectivity index (χ2n) is 6.14. The molecule has 33 heavy (non-hydrogen) atoms. The Hall–Kier alpha value is -1.05. The van der Waals surface area contributed by atoms with E-state index < -0.39 is 0 Å². The van der Waals surface area contributed by atoms with Gasteiger partial charge >= 0.3 is 18.0 Å². The van der Waals surface area contributed by atoms with Crippen LogP contribution in [0.5, 0.6) is 35.3 Å². The molecule has 4 aromatic rings. The number of ether oxygens (including phenoxy) is 3. The number of hydrogen-bond donors (Lipinski definition) is 0. The van der Waals surface area contributed by atoms with E-state index in [0.717, 1.165) is 0 Å². The van der Waals surface area contributed by atoms with Crippen molar-refractivity contribution in [3.8, 4) is 35.3 Å². The van der Waals surface area contributed by atoms with Gasteiger partial charge in [0.15, 0.2) is 17.2 Å². The normalized spacial score (nSPS) is 10.7. The van der Waals surface area contributed by atoms with Gasteiger partial charge in [0.25, 0.3) is 0 Å². The Bertz CT molecular complexity index is 1110. The van der Waals surface area contributed by atoms with E-state index in [-0.39, 0.29) is 18.0 Å². The van der Waals surface area contributed by atoms with Crippen molar-refractivity contribution in [2.75, 3.05) is 0 Å². The highest BCUT2D eigenvalue weighted by atomic mass is 79.9. The van der Waals surface area contributed by atoms with Crippen LogP contribution in [0.3, 0.4) is 0 Å². The van der Waals surface area contributed by atoms with Gasteiger partial charge in [-0.15, -0.1) is 15.0 Å². The van der Waals surface area contributed by atoms with Gasteiger partial charge in [-0.25, -0.2) is 0 Å². The van der Waals surface area contributed by atoms with Crippen LogP contribution in [0.4, 0.5) is 0 Å². The number of benzene rings is 3. The van der Waals surface area contributed by atoms with Crippen LogP contribution in [0.15, 0.2) is 81.4 Å². The van der Waals surface area contributed by atoms with Crippen LogP contribution in [-0.4, -0.2) is 15.0 Å². The summed E-state index contributed by atoms with van der Waals surface area (Å²) in [4.78, 5) is 13.0. The Morgan fingerprint density at radius 1 is 0.394 bits per heavy atom. The fourth-order valence-electron chi connectivity index (χ4n) is 2.47. The van der Waals surface area contributed by atoms with Crippen LogP contribution in [0, 0.1) is 0 Å². The molecule has 0 aliphatic heterocycles. The molecule has 0 saturated carbocycles. The Morgan fingerprint density at radius 2 is 0.606 bits per heavy atom. The van der Waals surface area contributed by atoms with E-state index in [1.54, 1.807) is 0 Å². The molecule has 0 radical (unpaired) electrons. The fraction of sp³-hybridized carbons (Fsp3) is 0. The molecule has 4 rings (SSSR count). The lowest BCUT2D eigenvalue weighted by molar-refractivity contribution is 0.358. The summed E-state index contributed by atoms with van der Waals surface area (Å²) >= 11 is 20.8. The highest BCUT2D eigenvalue weighted by Crippen LogP contribution is 2.40. The molecule has 6 nitrogen and oxygen atoms in total. The maximum Gasteiger partial charge on any atom is 0.331 e. The molecule has 0 amide bonds. The molecule has 0 atom stereocenters. The zero-order valence-corrected chi connectivity index (χ0v) is 25.5. The molecule has 0 fully saturated rings. The van der Waals surface area contributed by atoms with E-state index in [1.807, 2.05) is 54.6 Å². The van der Waals surface area contributed by atoms with Gasteiger partial charge in [0, 0.05) is 0 Å².